The first kappa shape index (κ1) is 19.2. The Morgan fingerprint density at radius 3 is 1.78 bits per heavy atom. The molecule has 23 heavy (non-hydrogen) atoms. The van der Waals surface area contributed by atoms with E-state index in [1.54, 1.807) is 6.08 Å². The first-order valence-electron chi connectivity index (χ1n) is 7.80. The van der Waals surface area contributed by atoms with Crippen LogP contribution in [-0.4, -0.2) is 27.9 Å². The molecule has 128 valence electrons. The van der Waals surface area contributed by atoms with Crippen molar-refractivity contribution in [2.75, 3.05) is 6.61 Å². The summed E-state index contributed by atoms with van der Waals surface area (Å²) in [4.78, 5) is 11.3. The van der Waals surface area contributed by atoms with Gasteiger partial charge in [0, 0.05) is 29.7 Å². The van der Waals surface area contributed by atoms with Gasteiger partial charge in [-0.25, -0.2) is 4.79 Å². The molecule has 1 rings (SSSR count). The van der Waals surface area contributed by atoms with E-state index < -0.39 is 5.97 Å². The van der Waals surface area contributed by atoms with Crippen molar-refractivity contribution in [1.29, 1.82) is 0 Å². The molecule has 0 aromatic heterocycles. The van der Waals surface area contributed by atoms with Gasteiger partial charge in [0.1, 0.15) is 5.75 Å². The predicted molar refractivity (Wildman–Crippen MR) is 92.8 cm³/mol. The molecular formula is C19H28O4. The van der Waals surface area contributed by atoms with Crippen LogP contribution in [0.15, 0.2) is 17.7 Å². The van der Waals surface area contributed by atoms with Crippen molar-refractivity contribution in [3.8, 4) is 5.75 Å². The predicted octanol–water partition coefficient (Wildman–Crippen LogP) is 3.84. The summed E-state index contributed by atoms with van der Waals surface area (Å²) < 4.78 is 0. The minimum Gasteiger partial charge on any atom is -0.507 e. The summed E-state index contributed by atoms with van der Waals surface area (Å²) in [5, 5.41) is 28.9. The van der Waals surface area contributed by atoms with Gasteiger partial charge in [0.25, 0.3) is 0 Å². The maximum absolute atomic E-state index is 11.3. The van der Waals surface area contributed by atoms with Gasteiger partial charge in [-0.15, -0.1) is 0 Å². The molecule has 1 aromatic carbocycles. The maximum Gasteiger partial charge on any atom is 0.331 e. The highest BCUT2D eigenvalue weighted by atomic mass is 16.4. The number of hydrogen-bond donors (Lipinski definition) is 3. The summed E-state index contributed by atoms with van der Waals surface area (Å²) in [6, 6.07) is 3.65. The molecule has 0 amide bonds. The first-order valence-corrected chi connectivity index (χ1v) is 7.80. The summed E-state index contributed by atoms with van der Waals surface area (Å²) >= 11 is 0. The van der Waals surface area contributed by atoms with Crippen LogP contribution in [0.4, 0.5) is 0 Å². The van der Waals surface area contributed by atoms with Gasteiger partial charge in [0.15, 0.2) is 0 Å². The third kappa shape index (κ3) is 4.83. The van der Waals surface area contributed by atoms with Gasteiger partial charge < -0.3 is 15.3 Å². The van der Waals surface area contributed by atoms with E-state index in [2.05, 4.69) is 0 Å². The van der Waals surface area contributed by atoms with E-state index in [4.69, 9.17) is 5.11 Å². The van der Waals surface area contributed by atoms with Crippen LogP contribution in [0.3, 0.4) is 0 Å². The van der Waals surface area contributed by atoms with E-state index in [-0.39, 0.29) is 35.2 Å². The number of carboxylic acid groups (broad SMARTS) is 1. The average molecular weight is 320 g/mol. The molecule has 0 fully saturated rings. The van der Waals surface area contributed by atoms with Crippen LogP contribution in [0.2, 0.25) is 0 Å². The Labute approximate surface area is 138 Å². The van der Waals surface area contributed by atoms with Crippen LogP contribution >= 0.6 is 0 Å². The molecule has 1 aromatic rings. The minimum absolute atomic E-state index is 0.0892. The third-order valence-electron chi connectivity index (χ3n) is 3.75. The van der Waals surface area contributed by atoms with Gasteiger partial charge in [-0.2, -0.15) is 0 Å². The van der Waals surface area contributed by atoms with Gasteiger partial charge in [-0.05, 0) is 34.6 Å². The zero-order valence-electron chi connectivity index (χ0n) is 14.9. The Morgan fingerprint density at radius 2 is 1.48 bits per heavy atom. The molecule has 0 saturated carbocycles. The highest BCUT2D eigenvalue weighted by molar-refractivity contribution is 5.92. The second-order valence-corrected chi connectivity index (χ2v) is 7.91. The monoisotopic (exact) mass is 320 g/mol. The van der Waals surface area contributed by atoms with Crippen LogP contribution in [0.1, 0.15) is 64.7 Å². The molecule has 4 nitrogen and oxygen atoms in total. The Hall–Kier alpha value is -1.81. The maximum atomic E-state index is 11.3. The van der Waals surface area contributed by atoms with Crippen molar-refractivity contribution in [2.45, 2.75) is 58.8 Å². The van der Waals surface area contributed by atoms with E-state index in [1.807, 2.05) is 53.7 Å². The lowest BCUT2D eigenvalue weighted by Crippen LogP contribution is -2.17. The Bertz CT molecular complexity index is 578. The number of aromatic hydroxyl groups is 1. The fraction of sp³-hybridized carbons (Fsp3) is 0.526. The van der Waals surface area contributed by atoms with Crippen LogP contribution < -0.4 is 0 Å². The molecule has 0 aliphatic heterocycles. The van der Waals surface area contributed by atoms with E-state index >= 15 is 0 Å². The number of carboxylic acids is 1. The highest BCUT2D eigenvalue weighted by Gasteiger charge is 2.26. The summed E-state index contributed by atoms with van der Waals surface area (Å²) in [5.41, 5.74) is 1.90. The van der Waals surface area contributed by atoms with Crippen LogP contribution in [-0.2, 0) is 15.6 Å². The number of hydrogen-bond acceptors (Lipinski definition) is 3. The number of rotatable bonds is 4. The van der Waals surface area contributed by atoms with Crippen molar-refractivity contribution in [3.63, 3.8) is 0 Å². The summed E-state index contributed by atoms with van der Waals surface area (Å²) in [5.74, 6) is -0.775. The standard InChI is InChI=1S/C19H28O4/c1-18(2,3)14-10-12(9-13(7-8-20)17(22)23)11-15(16(14)21)19(4,5)6/h9-11,20-21H,7-8H2,1-6H3,(H,22,23)/b13-9-. The van der Waals surface area contributed by atoms with Crippen LogP contribution in [0.25, 0.3) is 6.08 Å². The van der Waals surface area contributed by atoms with E-state index in [0.717, 1.165) is 16.7 Å². The summed E-state index contributed by atoms with van der Waals surface area (Å²) in [6.07, 6.45) is 1.66. The molecule has 0 radical (unpaired) electrons. The van der Waals surface area contributed by atoms with Crippen molar-refractivity contribution >= 4 is 12.0 Å². The molecule has 3 N–H and O–H groups in total. The smallest absolute Gasteiger partial charge is 0.331 e. The molecule has 0 heterocycles. The summed E-state index contributed by atoms with van der Waals surface area (Å²) in [7, 11) is 0. The van der Waals surface area contributed by atoms with Crippen molar-refractivity contribution < 1.29 is 20.1 Å². The number of carbonyl (C=O) groups is 1. The molecular weight excluding hydrogens is 292 g/mol. The highest BCUT2D eigenvalue weighted by Crippen LogP contribution is 2.40. The molecule has 0 saturated heterocycles. The van der Waals surface area contributed by atoms with Gasteiger partial charge in [-0.3, -0.25) is 0 Å². The lowest BCUT2D eigenvalue weighted by Gasteiger charge is -2.28. The second kappa shape index (κ2) is 6.75. The second-order valence-electron chi connectivity index (χ2n) is 7.91. The lowest BCUT2D eigenvalue weighted by molar-refractivity contribution is -0.132. The first-order chi connectivity index (χ1) is 10.4. The summed E-state index contributed by atoms with van der Waals surface area (Å²) in [6.45, 7) is 11.8. The van der Waals surface area contributed by atoms with E-state index in [1.165, 1.54) is 0 Å². The largest absolute Gasteiger partial charge is 0.507 e. The van der Waals surface area contributed by atoms with Crippen molar-refractivity contribution in [2.24, 2.45) is 0 Å². The van der Waals surface area contributed by atoms with Crippen LogP contribution in [0.5, 0.6) is 5.75 Å². The minimum atomic E-state index is -1.04. The Kier molecular flexibility index (Phi) is 5.65. The molecule has 0 aliphatic carbocycles. The van der Waals surface area contributed by atoms with Crippen molar-refractivity contribution in [1.82, 2.24) is 0 Å². The number of phenols is 1. The van der Waals surface area contributed by atoms with Gasteiger partial charge in [-0.1, -0.05) is 41.5 Å². The molecule has 0 spiro atoms. The fourth-order valence-electron chi connectivity index (χ4n) is 2.45. The Balaban J connectivity index is 3.62. The van der Waals surface area contributed by atoms with Crippen molar-refractivity contribution in [3.05, 3.63) is 34.4 Å². The molecule has 0 atom stereocenters. The number of aliphatic hydroxyl groups is 1. The number of benzene rings is 1. The number of aliphatic carboxylic acids is 1. The number of phenolic OH excluding ortho intramolecular Hbond substituents is 1. The quantitative estimate of drug-likeness (QED) is 0.737. The zero-order chi connectivity index (χ0) is 18.0. The molecule has 0 bridgehead atoms. The van der Waals surface area contributed by atoms with Crippen LogP contribution in [0, 0.1) is 0 Å². The average Bonchev–Trinajstić information content (AvgIpc) is 2.37. The lowest BCUT2D eigenvalue weighted by atomic mass is 9.78. The molecule has 0 unspecified atom stereocenters. The van der Waals surface area contributed by atoms with E-state index in [0.29, 0.717) is 0 Å². The van der Waals surface area contributed by atoms with E-state index in [9.17, 15) is 15.0 Å². The molecule has 4 heteroatoms. The fourth-order valence-corrected chi connectivity index (χ4v) is 2.45. The third-order valence-corrected chi connectivity index (χ3v) is 3.75. The van der Waals surface area contributed by atoms with Gasteiger partial charge in [0.05, 0.1) is 0 Å². The molecule has 0 aliphatic rings. The Morgan fingerprint density at radius 1 is 1.04 bits per heavy atom. The topological polar surface area (TPSA) is 77.8 Å². The van der Waals surface area contributed by atoms with Gasteiger partial charge in [0.2, 0.25) is 0 Å². The van der Waals surface area contributed by atoms with Gasteiger partial charge >= 0.3 is 5.97 Å². The normalized spacial score (nSPS) is 13.3. The number of aliphatic hydroxyl groups excluding tert-OH is 1. The zero-order valence-corrected chi connectivity index (χ0v) is 14.9. The SMILES string of the molecule is CC(C)(C)c1cc(/C=C(/CCO)C(=O)O)cc(C(C)(C)C)c1O.